The second kappa shape index (κ2) is 14.2. The zero-order chi connectivity index (χ0) is 41.4. The summed E-state index contributed by atoms with van der Waals surface area (Å²) in [5.74, 6) is 0. The first-order valence-corrected chi connectivity index (χ1v) is 21.9. The molecule has 63 heavy (non-hydrogen) atoms. The molecule has 0 N–H and O–H groups in total. The van der Waals surface area contributed by atoms with Gasteiger partial charge < -0.3 is 8.83 Å². The minimum absolute atomic E-state index is 0.657. The molecule has 5 heteroatoms. The molecule has 0 aliphatic rings. The van der Waals surface area contributed by atoms with E-state index in [2.05, 4.69) is 176 Å². The molecule has 4 nitrogen and oxygen atoms in total. The lowest BCUT2D eigenvalue weighted by atomic mass is 9.96. The molecule has 0 aliphatic carbocycles. The van der Waals surface area contributed by atoms with Crippen LogP contribution in [0, 0.1) is 0 Å². The standard InChI is InChI=1S/C58H34N2O2S/c1-3-11-35(12-4-1)36-23-25-37(26-24-36)40-28-30-50-49(32-40)55-56(62-50)54(59-34-60-55)48-21-10-22-51-53(48)47-29-27-41(33-52(47)61-51)39-15-7-16-42(31-39)44-18-9-20-46-45-19-8-17-43(57(45)63-58(44)46)38-13-5-2-6-14-38/h1-34H. The maximum atomic E-state index is 6.63. The molecule has 13 rings (SSSR count). The average molecular weight is 823 g/mol. The van der Waals surface area contributed by atoms with Gasteiger partial charge in [0.2, 0.25) is 0 Å². The first kappa shape index (κ1) is 35.6. The van der Waals surface area contributed by atoms with E-state index >= 15 is 0 Å². The fourth-order valence-corrected chi connectivity index (χ4v) is 10.8. The second-order valence-corrected chi connectivity index (χ2v) is 17.1. The molecule has 0 atom stereocenters. The normalized spacial score (nSPS) is 11.8. The SMILES string of the molecule is c1ccc(-c2ccc(-c3ccc4oc5c(-c6cccc7oc8cc(-c9cccc(-c%10cccc%11c%10sc%10c(-c%12ccccc%12)cccc%10%11)c9)ccc8c67)ncnc5c4c3)cc2)cc1. The summed E-state index contributed by atoms with van der Waals surface area (Å²) in [5, 5.41) is 5.55. The van der Waals surface area contributed by atoms with Gasteiger partial charge in [0, 0.05) is 41.9 Å². The third-order valence-electron chi connectivity index (χ3n) is 12.4. The van der Waals surface area contributed by atoms with E-state index < -0.39 is 0 Å². The molecule has 0 unspecified atom stereocenters. The van der Waals surface area contributed by atoms with Gasteiger partial charge in [-0.15, -0.1) is 11.3 Å². The summed E-state index contributed by atoms with van der Waals surface area (Å²) >= 11 is 1.88. The number of hydrogen-bond acceptors (Lipinski definition) is 5. The van der Waals surface area contributed by atoms with Crippen LogP contribution >= 0.6 is 11.3 Å². The average Bonchev–Trinajstić information content (AvgIpc) is 4.06. The predicted molar refractivity (Wildman–Crippen MR) is 262 cm³/mol. The molecule has 294 valence electrons. The zero-order valence-corrected chi connectivity index (χ0v) is 34.6. The highest BCUT2D eigenvalue weighted by atomic mass is 32.1. The van der Waals surface area contributed by atoms with E-state index in [4.69, 9.17) is 18.8 Å². The molecular weight excluding hydrogens is 789 g/mol. The number of hydrogen-bond donors (Lipinski definition) is 0. The monoisotopic (exact) mass is 822 g/mol. The van der Waals surface area contributed by atoms with E-state index in [9.17, 15) is 0 Å². The molecular formula is C58H34N2O2S. The van der Waals surface area contributed by atoms with Crippen LogP contribution in [-0.2, 0) is 0 Å². The predicted octanol–water partition coefficient (Wildman–Crippen LogP) is 16.6. The summed E-state index contributed by atoms with van der Waals surface area (Å²) in [6.07, 6.45) is 1.64. The van der Waals surface area contributed by atoms with Gasteiger partial charge in [-0.2, -0.15) is 0 Å². The van der Waals surface area contributed by atoms with Gasteiger partial charge in [0.05, 0.1) is 0 Å². The van der Waals surface area contributed by atoms with Crippen molar-refractivity contribution in [3.8, 4) is 66.9 Å². The van der Waals surface area contributed by atoms with E-state index in [0.29, 0.717) is 5.58 Å². The van der Waals surface area contributed by atoms with Gasteiger partial charge in [0.25, 0.3) is 0 Å². The number of furan rings is 2. The number of rotatable bonds is 6. The van der Waals surface area contributed by atoms with Gasteiger partial charge in [0.1, 0.15) is 34.3 Å². The Morgan fingerprint density at radius 2 is 0.905 bits per heavy atom. The highest BCUT2D eigenvalue weighted by molar-refractivity contribution is 7.26. The van der Waals surface area contributed by atoms with E-state index in [0.717, 1.165) is 71.9 Å². The summed E-state index contributed by atoms with van der Waals surface area (Å²) in [7, 11) is 0. The Hall–Kier alpha value is -8.12. The van der Waals surface area contributed by atoms with Crippen LogP contribution < -0.4 is 0 Å². The van der Waals surface area contributed by atoms with Crippen LogP contribution in [0.4, 0.5) is 0 Å². The third kappa shape index (κ3) is 5.82. The summed E-state index contributed by atoms with van der Waals surface area (Å²) in [5.41, 5.74) is 17.3. The molecule has 0 bridgehead atoms. The Kier molecular flexibility index (Phi) is 8.05. The molecule has 0 aliphatic heterocycles. The molecule has 0 fully saturated rings. The van der Waals surface area contributed by atoms with Crippen molar-refractivity contribution in [1.29, 1.82) is 0 Å². The summed E-state index contributed by atoms with van der Waals surface area (Å²) in [6, 6.07) is 71.1. The number of nitrogens with zero attached hydrogens (tertiary/aromatic N) is 2. The van der Waals surface area contributed by atoms with Crippen molar-refractivity contribution in [2.75, 3.05) is 0 Å². The fourth-order valence-electron chi connectivity index (χ4n) is 9.39. The smallest absolute Gasteiger partial charge is 0.180 e. The lowest BCUT2D eigenvalue weighted by molar-refractivity contribution is 0.667. The molecule has 0 saturated carbocycles. The maximum absolute atomic E-state index is 6.63. The molecule has 4 heterocycles. The lowest BCUT2D eigenvalue weighted by Gasteiger charge is -2.08. The van der Waals surface area contributed by atoms with Crippen molar-refractivity contribution >= 4 is 75.5 Å². The summed E-state index contributed by atoms with van der Waals surface area (Å²) in [6.45, 7) is 0. The van der Waals surface area contributed by atoms with Gasteiger partial charge in [0.15, 0.2) is 5.58 Å². The van der Waals surface area contributed by atoms with Crippen molar-refractivity contribution < 1.29 is 8.83 Å². The van der Waals surface area contributed by atoms with Gasteiger partial charge >= 0.3 is 0 Å². The van der Waals surface area contributed by atoms with Crippen LogP contribution in [-0.4, -0.2) is 9.97 Å². The molecule has 0 amide bonds. The van der Waals surface area contributed by atoms with Crippen LogP contribution in [0.3, 0.4) is 0 Å². The molecule has 13 aromatic rings. The Balaban J connectivity index is 0.870. The van der Waals surface area contributed by atoms with Crippen molar-refractivity contribution in [2.24, 2.45) is 0 Å². The summed E-state index contributed by atoms with van der Waals surface area (Å²) in [4.78, 5) is 9.61. The number of aromatic nitrogens is 2. The first-order valence-electron chi connectivity index (χ1n) is 21.1. The third-order valence-corrected chi connectivity index (χ3v) is 13.7. The topological polar surface area (TPSA) is 52.1 Å². The van der Waals surface area contributed by atoms with Crippen LogP contribution in [0.15, 0.2) is 215 Å². The van der Waals surface area contributed by atoms with Crippen molar-refractivity contribution in [3.05, 3.63) is 207 Å². The zero-order valence-electron chi connectivity index (χ0n) is 33.7. The van der Waals surface area contributed by atoms with E-state index in [1.165, 1.54) is 53.6 Å². The fraction of sp³-hybridized carbons (Fsp3) is 0. The molecule has 0 saturated heterocycles. The van der Waals surface area contributed by atoms with Crippen molar-refractivity contribution in [2.45, 2.75) is 0 Å². The van der Waals surface area contributed by atoms with Crippen molar-refractivity contribution in [3.63, 3.8) is 0 Å². The first-order chi connectivity index (χ1) is 31.2. The Morgan fingerprint density at radius 3 is 1.68 bits per heavy atom. The van der Waals surface area contributed by atoms with Crippen molar-refractivity contribution in [1.82, 2.24) is 9.97 Å². The summed E-state index contributed by atoms with van der Waals surface area (Å²) < 4.78 is 15.8. The van der Waals surface area contributed by atoms with E-state index in [-0.39, 0.29) is 0 Å². The molecule has 0 spiro atoms. The minimum Gasteiger partial charge on any atom is -0.456 e. The number of benzene rings is 9. The highest BCUT2D eigenvalue weighted by Crippen LogP contribution is 2.45. The van der Waals surface area contributed by atoms with Crippen LogP contribution in [0.1, 0.15) is 0 Å². The highest BCUT2D eigenvalue weighted by Gasteiger charge is 2.21. The van der Waals surface area contributed by atoms with Crippen LogP contribution in [0.25, 0.3) is 131 Å². The quantitative estimate of drug-likeness (QED) is 0.168. The molecule has 0 radical (unpaired) electrons. The van der Waals surface area contributed by atoms with Gasteiger partial charge in [-0.3, -0.25) is 0 Å². The van der Waals surface area contributed by atoms with Gasteiger partial charge in [-0.1, -0.05) is 164 Å². The lowest BCUT2D eigenvalue weighted by Crippen LogP contribution is -1.87. The minimum atomic E-state index is 0.657. The Labute approximate surface area is 366 Å². The van der Waals surface area contributed by atoms with E-state index in [1.807, 2.05) is 35.6 Å². The van der Waals surface area contributed by atoms with Crippen LogP contribution in [0.5, 0.6) is 0 Å². The van der Waals surface area contributed by atoms with Crippen LogP contribution in [0.2, 0.25) is 0 Å². The van der Waals surface area contributed by atoms with E-state index in [1.54, 1.807) is 6.33 Å². The number of thiophene rings is 1. The largest absolute Gasteiger partial charge is 0.456 e. The molecule has 4 aromatic heterocycles. The second-order valence-electron chi connectivity index (χ2n) is 16.1. The Bertz CT molecular complexity index is 3900. The van der Waals surface area contributed by atoms with Gasteiger partial charge in [-0.05, 0) is 92.0 Å². The maximum Gasteiger partial charge on any atom is 0.180 e. The molecule has 9 aromatic carbocycles. The Morgan fingerprint density at radius 1 is 0.333 bits per heavy atom. The number of fused-ring (bicyclic) bond motifs is 9. The van der Waals surface area contributed by atoms with Gasteiger partial charge in [-0.25, -0.2) is 9.97 Å².